The molecule has 10 heteroatoms. The maximum absolute atomic E-state index is 13.0. The quantitative estimate of drug-likeness (QED) is 0.653. The third-order valence-electron chi connectivity index (χ3n) is 4.46. The summed E-state index contributed by atoms with van der Waals surface area (Å²) in [6.45, 7) is 2.16. The van der Waals surface area contributed by atoms with Gasteiger partial charge in [0.1, 0.15) is 16.4 Å². The Morgan fingerprint density at radius 1 is 1.14 bits per heavy atom. The molecule has 0 fully saturated rings. The van der Waals surface area contributed by atoms with Crippen LogP contribution in [0.2, 0.25) is 0 Å². The van der Waals surface area contributed by atoms with E-state index in [0.29, 0.717) is 25.2 Å². The Morgan fingerprint density at radius 2 is 1.90 bits per heavy atom. The second kappa shape index (κ2) is 8.60. The van der Waals surface area contributed by atoms with Crippen molar-refractivity contribution in [2.75, 3.05) is 24.2 Å². The maximum Gasteiger partial charge on any atom is 0.244 e. The molecule has 0 aliphatic carbocycles. The number of para-hydroxylation sites is 1. The van der Waals surface area contributed by atoms with Crippen LogP contribution in [-0.4, -0.2) is 36.3 Å². The second-order valence-corrected chi connectivity index (χ2v) is 10.2. The lowest BCUT2D eigenvalue weighted by Gasteiger charge is -2.26. The van der Waals surface area contributed by atoms with Gasteiger partial charge in [-0.15, -0.1) is 0 Å². The zero-order valence-electron chi connectivity index (χ0n) is 16.2. The Hall–Kier alpha value is -2.30. The number of hydrogen-bond acceptors (Lipinski definition) is 6. The second-order valence-electron chi connectivity index (χ2n) is 6.64. The van der Waals surface area contributed by atoms with Gasteiger partial charge in [-0.05, 0) is 24.6 Å². The van der Waals surface area contributed by atoms with Crippen molar-refractivity contribution < 1.29 is 26.3 Å². The molecule has 0 aromatic heterocycles. The minimum atomic E-state index is -3.92. The van der Waals surface area contributed by atoms with Gasteiger partial charge in [0.25, 0.3) is 0 Å². The summed E-state index contributed by atoms with van der Waals surface area (Å²) < 4.78 is 65.9. The number of methoxy groups -OCH3 is 1. The van der Waals surface area contributed by atoms with E-state index in [4.69, 9.17) is 9.47 Å². The molecule has 0 radical (unpaired) electrons. The molecule has 0 saturated heterocycles. The first-order valence-corrected chi connectivity index (χ1v) is 12.3. The van der Waals surface area contributed by atoms with Gasteiger partial charge >= 0.3 is 0 Å². The largest absolute Gasteiger partial charge is 0.495 e. The van der Waals surface area contributed by atoms with Crippen molar-refractivity contribution in [3.8, 4) is 11.5 Å². The van der Waals surface area contributed by atoms with E-state index in [1.54, 1.807) is 13.0 Å². The molecule has 1 atom stereocenters. The minimum Gasteiger partial charge on any atom is -0.495 e. The van der Waals surface area contributed by atoms with Crippen LogP contribution in [0.5, 0.6) is 11.5 Å². The summed E-state index contributed by atoms with van der Waals surface area (Å²) in [4.78, 5) is -0.0672. The fourth-order valence-corrected chi connectivity index (χ4v) is 5.69. The monoisotopic (exact) mass is 440 g/mol. The number of ether oxygens (including phenoxy) is 2. The predicted octanol–water partition coefficient (Wildman–Crippen LogP) is 2.65. The van der Waals surface area contributed by atoms with Gasteiger partial charge in [0, 0.05) is 18.1 Å². The van der Waals surface area contributed by atoms with Crippen LogP contribution in [0.4, 0.5) is 5.69 Å². The van der Waals surface area contributed by atoms with Gasteiger partial charge in [-0.2, -0.15) is 0 Å². The molecule has 3 rings (SSSR count). The first-order valence-electron chi connectivity index (χ1n) is 9.18. The summed E-state index contributed by atoms with van der Waals surface area (Å²) >= 11 is 0. The Morgan fingerprint density at radius 3 is 2.62 bits per heavy atom. The Balaban J connectivity index is 1.88. The van der Waals surface area contributed by atoms with E-state index in [2.05, 4.69) is 9.44 Å². The molecule has 0 bridgehead atoms. The van der Waals surface area contributed by atoms with Crippen molar-refractivity contribution in [1.29, 1.82) is 0 Å². The van der Waals surface area contributed by atoms with Gasteiger partial charge in [0.2, 0.25) is 20.0 Å². The molecule has 2 aromatic carbocycles. The maximum atomic E-state index is 13.0. The van der Waals surface area contributed by atoms with E-state index in [0.717, 1.165) is 5.56 Å². The molecule has 158 valence electrons. The van der Waals surface area contributed by atoms with E-state index < -0.39 is 26.1 Å². The number of anilines is 1. The minimum absolute atomic E-state index is 0.0277. The van der Waals surface area contributed by atoms with Crippen LogP contribution in [0, 0.1) is 0 Å². The Labute approximate surface area is 171 Å². The average Bonchev–Trinajstić information content (AvgIpc) is 2.67. The van der Waals surface area contributed by atoms with Gasteiger partial charge in [0.15, 0.2) is 0 Å². The third-order valence-corrected chi connectivity index (χ3v) is 7.46. The first kappa shape index (κ1) is 21.4. The molecule has 0 unspecified atom stereocenters. The molecule has 1 heterocycles. The van der Waals surface area contributed by atoms with E-state index in [1.807, 2.05) is 18.2 Å². The zero-order valence-corrected chi connectivity index (χ0v) is 17.8. The normalized spacial score (nSPS) is 16.6. The highest BCUT2D eigenvalue weighted by atomic mass is 32.2. The van der Waals surface area contributed by atoms with Crippen molar-refractivity contribution in [1.82, 2.24) is 4.72 Å². The Bertz CT molecular complexity index is 1080. The van der Waals surface area contributed by atoms with E-state index >= 15 is 0 Å². The SMILES string of the molecule is CCCS(=O)(=O)Nc1ccc(S(=O)(=O)N[C@H]2CCOc3ccccc32)c(OC)c1. The lowest BCUT2D eigenvalue weighted by atomic mass is 10.0. The summed E-state index contributed by atoms with van der Waals surface area (Å²) in [5, 5.41) is 0. The van der Waals surface area contributed by atoms with Crippen molar-refractivity contribution in [2.24, 2.45) is 0 Å². The smallest absolute Gasteiger partial charge is 0.244 e. The molecule has 2 N–H and O–H groups in total. The molecule has 0 spiro atoms. The summed E-state index contributed by atoms with van der Waals surface area (Å²) in [5.41, 5.74) is 1.01. The van der Waals surface area contributed by atoms with Crippen LogP contribution in [-0.2, 0) is 20.0 Å². The van der Waals surface area contributed by atoms with Crippen molar-refractivity contribution >= 4 is 25.7 Å². The summed E-state index contributed by atoms with van der Waals surface area (Å²) in [7, 11) is -6.09. The fraction of sp³-hybridized carbons (Fsp3) is 0.368. The average molecular weight is 441 g/mol. The van der Waals surface area contributed by atoms with Crippen molar-refractivity contribution in [3.63, 3.8) is 0 Å². The van der Waals surface area contributed by atoms with Crippen LogP contribution in [0.25, 0.3) is 0 Å². The molecular weight excluding hydrogens is 416 g/mol. The van der Waals surface area contributed by atoms with Gasteiger partial charge in [-0.1, -0.05) is 25.1 Å². The lowest BCUT2D eigenvalue weighted by molar-refractivity contribution is 0.263. The first-order chi connectivity index (χ1) is 13.8. The van der Waals surface area contributed by atoms with Crippen LogP contribution in [0.15, 0.2) is 47.4 Å². The molecule has 1 aliphatic rings. The van der Waals surface area contributed by atoms with Gasteiger partial charge in [-0.3, -0.25) is 4.72 Å². The van der Waals surface area contributed by atoms with E-state index in [-0.39, 0.29) is 22.1 Å². The highest BCUT2D eigenvalue weighted by molar-refractivity contribution is 7.92. The number of benzene rings is 2. The summed E-state index contributed by atoms with van der Waals surface area (Å²) in [6.07, 6.45) is 0.961. The standard InChI is InChI=1S/C19H24N2O6S2/c1-3-12-28(22,23)20-14-8-9-19(18(13-14)26-2)29(24,25)21-16-10-11-27-17-7-5-4-6-15(16)17/h4-9,13,16,20-21H,3,10-12H2,1-2H3/t16-/m0/s1. The van der Waals surface area contributed by atoms with Crippen LogP contribution >= 0.6 is 0 Å². The van der Waals surface area contributed by atoms with E-state index in [1.165, 1.54) is 25.3 Å². The van der Waals surface area contributed by atoms with Gasteiger partial charge in [0.05, 0.1) is 31.2 Å². The van der Waals surface area contributed by atoms with E-state index in [9.17, 15) is 16.8 Å². The predicted molar refractivity (Wildman–Crippen MR) is 110 cm³/mol. The molecule has 2 aromatic rings. The number of fused-ring (bicyclic) bond motifs is 1. The molecule has 29 heavy (non-hydrogen) atoms. The fourth-order valence-electron chi connectivity index (χ4n) is 3.17. The summed E-state index contributed by atoms with van der Waals surface area (Å²) in [5.74, 6) is 0.675. The topological polar surface area (TPSA) is 111 Å². The molecule has 8 nitrogen and oxygen atoms in total. The number of rotatable bonds is 8. The number of nitrogens with one attached hydrogen (secondary N) is 2. The zero-order chi connectivity index (χ0) is 21.1. The van der Waals surface area contributed by atoms with Crippen molar-refractivity contribution in [2.45, 2.75) is 30.7 Å². The Kier molecular flexibility index (Phi) is 6.35. The number of hydrogen-bond donors (Lipinski definition) is 2. The molecule has 1 aliphatic heterocycles. The molecular formula is C19H24N2O6S2. The van der Waals surface area contributed by atoms with Crippen molar-refractivity contribution in [3.05, 3.63) is 48.0 Å². The van der Waals surface area contributed by atoms with Gasteiger partial charge in [-0.25, -0.2) is 21.6 Å². The van der Waals surface area contributed by atoms with Crippen LogP contribution in [0.3, 0.4) is 0 Å². The highest BCUT2D eigenvalue weighted by Crippen LogP contribution is 2.34. The lowest BCUT2D eigenvalue weighted by Crippen LogP contribution is -2.32. The summed E-state index contributed by atoms with van der Waals surface area (Å²) in [6, 6.07) is 10.9. The highest BCUT2D eigenvalue weighted by Gasteiger charge is 2.28. The van der Waals surface area contributed by atoms with Crippen LogP contribution < -0.4 is 18.9 Å². The van der Waals surface area contributed by atoms with Gasteiger partial charge < -0.3 is 9.47 Å². The van der Waals surface area contributed by atoms with Crippen LogP contribution in [0.1, 0.15) is 31.4 Å². The number of sulfonamides is 2. The molecule has 0 saturated carbocycles. The molecule has 0 amide bonds. The third kappa shape index (κ3) is 5.01.